The van der Waals surface area contributed by atoms with Crippen molar-refractivity contribution < 1.29 is 18.7 Å². The second-order valence-corrected chi connectivity index (χ2v) is 4.95. The largest absolute Gasteiger partial charge is 0.493 e. The maximum atomic E-state index is 12.1. The number of ether oxygens (including phenoxy) is 2. The van der Waals surface area contributed by atoms with E-state index in [0.29, 0.717) is 23.0 Å². The Kier molecular flexibility index (Phi) is 4.79. The topological polar surface area (TPSA) is 102 Å². The number of nitrogens with one attached hydrogen (secondary N) is 2. The van der Waals surface area contributed by atoms with Gasteiger partial charge in [0.15, 0.2) is 11.5 Å². The van der Waals surface area contributed by atoms with Crippen molar-refractivity contribution in [3.8, 4) is 22.8 Å². The maximum Gasteiger partial charge on any atom is 0.289 e. The van der Waals surface area contributed by atoms with Gasteiger partial charge in [-0.15, -0.1) is 0 Å². The van der Waals surface area contributed by atoms with Crippen molar-refractivity contribution in [2.24, 2.45) is 5.10 Å². The summed E-state index contributed by atoms with van der Waals surface area (Å²) in [5.74, 6) is 1.32. The number of hydrazone groups is 1. The molecule has 0 spiro atoms. The first-order valence-corrected chi connectivity index (χ1v) is 7.36. The minimum Gasteiger partial charge on any atom is -0.493 e. The molecular formula is C17H16N4O4. The van der Waals surface area contributed by atoms with Crippen LogP contribution in [0.5, 0.6) is 11.5 Å². The summed E-state index contributed by atoms with van der Waals surface area (Å²) < 4.78 is 15.6. The Morgan fingerprint density at radius 1 is 1.24 bits per heavy atom. The fourth-order valence-electron chi connectivity index (χ4n) is 2.16. The van der Waals surface area contributed by atoms with Gasteiger partial charge in [0, 0.05) is 5.56 Å². The number of hydrogen-bond acceptors (Lipinski definition) is 6. The molecule has 0 saturated carbocycles. The quantitative estimate of drug-likeness (QED) is 0.530. The number of H-pyrrole nitrogens is 1. The number of aromatic nitrogens is 2. The zero-order chi connectivity index (χ0) is 17.6. The second kappa shape index (κ2) is 7.35. The molecule has 0 unspecified atom stereocenters. The third kappa shape index (κ3) is 3.69. The Labute approximate surface area is 143 Å². The van der Waals surface area contributed by atoms with Crippen LogP contribution < -0.4 is 14.9 Å². The Bertz CT molecular complexity index is 884. The summed E-state index contributed by atoms with van der Waals surface area (Å²) in [7, 11) is 3.12. The molecule has 8 heteroatoms. The van der Waals surface area contributed by atoms with E-state index < -0.39 is 5.91 Å². The van der Waals surface area contributed by atoms with Gasteiger partial charge in [-0.1, -0.05) is 0 Å². The lowest BCUT2D eigenvalue weighted by Crippen LogP contribution is -2.17. The van der Waals surface area contributed by atoms with Crippen LogP contribution in [0.3, 0.4) is 0 Å². The molecule has 0 saturated heterocycles. The summed E-state index contributed by atoms with van der Waals surface area (Å²) >= 11 is 0. The molecule has 8 nitrogen and oxygen atoms in total. The molecule has 0 radical (unpaired) electrons. The monoisotopic (exact) mass is 340 g/mol. The normalized spacial score (nSPS) is 10.8. The lowest BCUT2D eigenvalue weighted by atomic mass is 10.1. The van der Waals surface area contributed by atoms with Crippen molar-refractivity contribution in [3.05, 3.63) is 54.1 Å². The van der Waals surface area contributed by atoms with Crippen LogP contribution in [0.25, 0.3) is 11.3 Å². The molecule has 0 bridgehead atoms. The molecule has 0 aliphatic heterocycles. The van der Waals surface area contributed by atoms with Crippen molar-refractivity contribution in [3.63, 3.8) is 0 Å². The third-order valence-corrected chi connectivity index (χ3v) is 3.40. The van der Waals surface area contributed by atoms with Gasteiger partial charge < -0.3 is 13.9 Å². The summed E-state index contributed by atoms with van der Waals surface area (Å²) in [4.78, 5) is 12.1. The van der Waals surface area contributed by atoms with E-state index in [4.69, 9.17) is 13.9 Å². The molecule has 2 N–H and O–H groups in total. The number of furan rings is 1. The van der Waals surface area contributed by atoms with Gasteiger partial charge >= 0.3 is 0 Å². The molecule has 25 heavy (non-hydrogen) atoms. The number of carbonyl (C=O) groups excluding carboxylic acids is 1. The van der Waals surface area contributed by atoms with Gasteiger partial charge in [-0.3, -0.25) is 9.89 Å². The second-order valence-electron chi connectivity index (χ2n) is 4.95. The molecule has 1 amide bonds. The van der Waals surface area contributed by atoms with Gasteiger partial charge in [0.1, 0.15) is 11.5 Å². The zero-order valence-corrected chi connectivity index (χ0v) is 13.6. The number of rotatable bonds is 6. The van der Waals surface area contributed by atoms with Crippen LogP contribution in [0.1, 0.15) is 16.2 Å². The van der Waals surface area contributed by atoms with Crippen molar-refractivity contribution in [1.29, 1.82) is 0 Å². The van der Waals surface area contributed by atoms with Crippen LogP contribution in [0.15, 0.2) is 52.2 Å². The van der Waals surface area contributed by atoms with E-state index in [0.717, 1.165) is 5.56 Å². The molecule has 0 atom stereocenters. The summed E-state index contributed by atoms with van der Waals surface area (Å²) in [5, 5.41) is 10.6. The minimum atomic E-state index is -0.415. The number of amides is 1. The van der Waals surface area contributed by atoms with Gasteiger partial charge in [0.05, 0.1) is 32.4 Å². The maximum absolute atomic E-state index is 12.1. The number of methoxy groups -OCH3 is 2. The molecule has 1 aromatic carbocycles. The van der Waals surface area contributed by atoms with E-state index in [1.807, 2.05) is 6.07 Å². The average molecular weight is 340 g/mol. The van der Waals surface area contributed by atoms with E-state index >= 15 is 0 Å². The standard InChI is InChI=1S/C17H16N4O4/c1-23-15-6-5-11(8-16(15)24-2)13-9-14(20-19-13)17(22)21-18-10-12-4-3-7-25-12/h3-10H,1-2H3,(H,19,20)(H,21,22)/b18-10-. The number of aromatic amines is 1. The number of nitrogens with zero attached hydrogens (tertiary/aromatic N) is 2. The van der Waals surface area contributed by atoms with Crippen molar-refractivity contribution in [1.82, 2.24) is 15.6 Å². The predicted molar refractivity (Wildman–Crippen MR) is 90.9 cm³/mol. The minimum absolute atomic E-state index is 0.279. The molecule has 128 valence electrons. The van der Waals surface area contributed by atoms with Crippen molar-refractivity contribution >= 4 is 12.1 Å². The van der Waals surface area contributed by atoms with Gasteiger partial charge in [0.2, 0.25) is 0 Å². The Hall–Kier alpha value is -3.55. The highest BCUT2D eigenvalue weighted by Gasteiger charge is 2.12. The Morgan fingerprint density at radius 3 is 2.80 bits per heavy atom. The molecule has 0 aliphatic rings. The fourth-order valence-corrected chi connectivity index (χ4v) is 2.16. The van der Waals surface area contributed by atoms with E-state index in [2.05, 4.69) is 20.7 Å². The van der Waals surface area contributed by atoms with Crippen LogP contribution in [-0.4, -0.2) is 36.5 Å². The predicted octanol–water partition coefficient (Wildman–Crippen LogP) is 2.45. The SMILES string of the molecule is COc1ccc(-c2cc(C(=O)N/N=C\c3ccco3)[nH]n2)cc1OC. The number of benzene rings is 1. The van der Waals surface area contributed by atoms with E-state index in [1.165, 1.54) is 12.5 Å². The van der Waals surface area contributed by atoms with Crippen LogP contribution >= 0.6 is 0 Å². The molecule has 3 rings (SSSR count). The Balaban J connectivity index is 1.72. The van der Waals surface area contributed by atoms with E-state index in [1.54, 1.807) is 44.6 Å². The average Bonchev–Trinajstić information content (AvgIpc) is 3.33. The number of hydrogen-bond donors (Lipinski definition) is 2. The van der Waals surface area contributed by atoms with Crippen LogP contribution in [-0.2, 0) is 0 Å². The van der Waals surface area contributed by atoms with Gasteiger partial charge in [-0.2, -0.15) is 10.2 Å². The highest BCUT2D eigenvalue weighted by atomic mass is 16.5. The molecule has 2 aromatic heterocycles. The summed E-state index contributed by atoms with van der Waals surface area (Å²) in [6.45, 7) is 0. The number of carbonyl (C=O) groups is 1. The van der Waals surface area contributed by atoms with Crippen molar-refractivity contribution in [2.45, 2.75) is 0 Å². The third-order valence-electron chi connectivity index (χ3n) is 3.40. The van der Waals surface area contributed by atoms with Gasteiger partial charge in [0.25, 0.3) is 5.91 Å². The molecular weight excluding hydrogens is 324 g/mol. The lowest BCUT2D eigenvalue weighted by molar-refractivity contribution is 0.0950. The first-order valence-electron chi connectivity index (χ1n) is 7.36. The smallest absolute Gasteiger partial charge is 0.289 e. The lowest BCUT2D eigenvalue weighted by Gasteiger charge is -2.08. The summed E-state index contributed by atoms with van der Waals surface area (Å²) in [5.41, 5.74) is 4.06. The fraction of sp³-hybridized carbons (Fsp3) is 0.118. The van der Waals surface area contributed by atoms with E-state index in [-0.39, 0.29) is 5.69 Å². The highest BCUT2D eigenvalue weighted by Crippen LogP contribution is 2.31. The van der Waals surface area contributed by atoms with Crippen LogP contribution in [0.4, 0.5) is 0 Å². The van der Waals surface area contributed by atoms with Crippen molar-refractivity contribution in [2.75, 3.05) is 14.2 Å². The van der Waals surface area contributed by atoms with Gasteiger partial charge in [-0.25, -0.2) is 5.43 Å². The highest BCUT2D eigenvalue weighted by molar-refractivity contribution is 5.94. The molecule has 0 aliphatic carbocycles. The Morgan fingerprint density at radius 2 is 2.08 bits per heavy atom. The first kappa shape index (κ1) is 16.3. The summed E-state index contributed by atoms with van der Waals surface area (Å²) in [6, 6.07) is 10.5. The molecule has 2 heterocycles. The molecule has 0 fully saturated rings. The first-order chi connectivity index (χ1) is 12.2. The zero-order valence-electron chi connectivity index (χ0n) is 13.6. The molecule has 3 aromatic rings. The van der Waals surface area contributed by atoms with Crippen LogP contribution in [0, 0.1) is 0 Å². The van der Waals surface area contributed by atoms with E-state index in [9.17, 15) is 4.79 Å². The van der Waals surface area contributed by atoms with Crippen LogP contribution in [0.2, 0.25) is 0 Å². The van der Waals surface area contributed by atoms with Gasteiger partial charge in [-0.05, 0) is 36.4 Å². The summed E-state index contributed by atoms with van der Waals surface area (Å²) in [6.07, 6.45) is 2.93.